The molecule has 0 aliphatic carbocycles. The molecule has 0 atom stereocenters. The first-order valence-corrected chi connectivity index (χ1v) is 7.84. The maximum absolute atomic E-state index is 11.6. The Morgan fingerprint density at radius 2 is 2.05 bits per heavy atom. The molecule has 1 aromatic carbocycles. The maximum Gasteiger partial charge on any atom is 0.164 e. The Morgan fingerprint density at radius 3 is 2.71 bits per heavy atom. The molecule has 0 amide bonds. The summed E-state index contributed by atoms with van der Waals surface area (Å²) >= 11 is 1.36. The number of para-hydroxylation sites is 1. The Morgan fingerprint density at radius 1 is 1.33 bits per heavy atom. The van der Waals surface area contributed by atoms with E-state index in [9.17, 15) is 4.79 Å². The van der Waals surface area contributed by atoms with E-state index in [-0.39, 0.29) is 5.78 Å². The van der Waals surface area contributed by atoms with Crippen LogP contribution in [0.3, 0.4) is 0 Å². The number of rotatable bonds is 7. The number of Topliss-reactive ketones (excluding diaryl/α,β-unsaturated/α-hetero) is 1. The molecular weight excluding hydrogens is 282 g/mol. The van der Waals surface area contributed by atoms with Gasteiger partial charge in [0, 0.05) is 25.8 Å². The molecule has 2 rings (SSSR count). The van der Waals surface area contributed by atoms with Gasteiger partial charge in [-0.3, -0.25) is 4.79 Å². The topological polar surface area (TPSA) is 45.2 Å². The number of hydrogen-bond acceptors (Lipinski definition) is 5. The first-order valence-electron chi connectivity index (χ1n) is 7.07. The van der Waals surface area contributed by atoms with Gasteiger partial charge in [0.05, 0.1) is 11.3 Å². The average molecular weight is 303 g/mol. The second-order valence-electron chi connectivity index (χ2n) is 5.07. The third-order valence-electron chi connectivity index (χ3n) is 3.37. The molecule has 112 valence electrons. The number of carbonyl (C=O) groups is 1. The lowest BCUT2D eigenvalue weighted by molar-refractivity contribution is 0.101. The molecule has 4 nitrogen and oxygen atoms in total. The number of nitrogens with zero attached hydrogens (tertiary/aromatic N) is 2. The monoisotopic (exact) mass is 303 g/mol. The molecule has 0 fully saturated rings. The largest absolute Gasteiger partial charge is 0.375 e. The number of nitrogens with one attached hydrogen (secondary N) is 1. The molecule has 21 heavy (non-hydrogen) atoms. The molecule has 1 N–H and O–H groups in total. The zero-order valence-electron chi connectivity index (χ0n) is 12.7. The first-order chi connectivity index (χ1) is 10.1. The quantitative estimate of drug-likeness (QED) is 0.627. The molecule has 0 unspecified atom stereocenters. The van der Waals surface area contributed by atoms with E-state index in [0.717, 1.165) is 35.8 Å². The van der Waals surface area contributed by atoms with E-state index in [0.29, 0.717) is 0 Å². The summed E-state index contributed by atoms with van der Waals surface area (Å²) in [5.74, 6) is 0.0742. The number of aryl methyl sites for hydroxylation is 1. The van der Waals surface area contributed by atoms with Gasteiger partial charge in [-0.1, -0.05) is 18.2 Å². The van der Waals surface area contributed by atoms with Gasteiger partial charge in [0.25, 0.3) is 0 Å². The number of hydrogen-bond donors (Lipinski definition) is 1. The maximum atomic E-state index is 11.6. The predicted molar refractivity (Wildman–Crippen MR) is 89.7 cm³/mol. The second kappa shape index (κ2) is 7.22. The summed E-state index contributed by atoms with van der Waals surface area (Å²) in [6, 6.07) is 10.3. The molecule has 0 aliphatic heterocycles. The van der Waals surface area contributed by atoms with Gasteiger partial charge in [-0.2, -0.15) is 4.37 Å². The molecule has 0 saturated heterocycles. The van der Waals surface area contributed by atoms with Crippen LogP contribution in [0.4, 0.5) is 10.7 Å². The zero-order chi connectivity index (χ0) is 15.2. The van der Waals surface area contributed by atoms with Crippen LogP contribution in [0.25, 0.3) is 0 Å². The van der Waals surface area contributed by atoms with Gasteiger partial charge < -0.3 is 10.2 Å². The average Bonchev–Trinajstić information content (AvgIpc) is 2.85. The highest BCUT2D eigenvalue weighted by atomic mass is 32.1. The Hall–Kier alpha value is -1.88. The molecule has 1 heterocycles. The molecule has 0 spiro atoms. The van der Waals surface area contributed by atoms with Crippen LogP contribution in [0.5, 0.6) is 0 Å². The lowest BCUT2D eigenvalue weighted by Gasteiger charge is -2.19. The van der Waals surface area contributed by atoms with Crippen molar-refractivity contribution in [3.05, 3.63) is 41.6 Å². The predicted octanol–water partition coefficient (Wildman–Crippen LogP) is 3.59. The number of carbonyl (C=O) groups excluding carboxylic acids is 1. The number of aromatic nitrogens is 1. The molecule has 5 heteroatoms. The van der Waals surface area contributed by atoms with Crippen molar-refractivity contribution in [1.29, 1.82) is 0 Å². The summed E-state index contributed by atoms with van der Waals surface area (Å²) < 4.78 is 4.25. The van der Waals surface area contributed by atoms with Crippen molar-refractivity contribution in [3.8, 4) is 0 Å². The second-order valence-corrected chi connectivity index (χ2v) is 5.84. The van der Waals surface area contributed by atoms with Gasteiger partial charge >= 0.3 is 0 Å². The molecule has 0 aliphatic rings. The van der Waals surface area contributed by atoms with E-state index in [1.54, 1.807) is 6.92 Å². The minimum Gasteiger partial charge on any atom is -0.375 e. The van der Waals surface area contributed by atoms with Gasteiger partial charge in [0.2, 0.25) is 0 Å². The zero-order valence-corrected chi connectivity index (χ0v) is 13.5. The highest BCUT2D eigenvalue weighted by Crippen LogP contribution is 2.24. The highest BCUT2D eigenvalue weighted by Gasteiger charge is 2.14. The van der Waals surface area contributed by atoms with Crippen LogP contribution in [0, 0.1) is 6.92 Å². The van der Waals surface area contributed by atoms with E-state index >= 15 is 0 Å². The van der Waals surface area contributed by atoms with E-state index in [4.69, 9.17) is 0 Å². The number of ketones is 1. The van der Waals surface area contributed by atoms with Crippen molar-refractivity contribution >= 4 is 28.0 Å². The first kappa shape index (κ1) is 15.5. The smallest absolute Gasteiger partial charge is 0.164 e. The molecule has 0 bridgehead atoms. The SMILES string of the molecule is CC(=O)c1c(C)nsc1NCCCN(C)c1ccccc1. The summed E-state index contributed by atoms with van der Waals surface area (Å²) in [7, 11) is 2.09. The molecule has 2 aromatic rings. The summed E-state index contributed by atoms with van der Waals surface area (Å²) in [5.41, 5.74) is 2.77. The summed E-state index contributed by atoms with van der Waals surface area (Å²) in [6.45, 7) is 5.26. The van der Waals surface area contributed by atoms with Gasteiger partial charge in [0.1, 0.15) is 5.00 Å². The van der Waals surface area contributed by atoms with Crippen molar-refractivity contribution in [1.82, 2.24) is 4.37 Å². The fraction of sp³-hybridized carbons (Fsp3) is 0.375. The molecule has 0 radical (unpaired) electrons. The summed E-state index contributed by atoms with van der Waals surface area (Å²) in [6.07, 6.45) is 1.000. The van der Waals surface area contributed by atoms with Gasteiger partial charge in [0.15, 0.2) is 5.78 Å². The van der Waals surface area contributed by atoms with E-state index in [1.807, 2.05) is 25.1 Å². The lowest BCUT2D eigenvalue weighted by atomic mass is 10.2. The van der Waals surface area contributed by atoms with Crippen molar-refractivity contribution in [3.63, 3.8) is 0 Å². The Labute approximate surface area is 130 Å². The summed E-state index contributed by atoms with van der Waals surface area (Å²) in [5, 5.41) is 4.22. The Bertz CT molecular complexity index is 595. The van der Waals surface area contributed by atoms with Crippen molar-refractivity contribution in [2.24, 2.45) is 0 Å². The van der Waals surface area contributed by atoms with E-state index in [2.05, 4.69) is 33.8 Å². The Kier molecular flexibility index (Phi) is 5.33. The van der Waals surface area contributed by atoms with Gasteiger partial charge in [-0.25, -0.2) is 0 Å². The van der Waals surface area contributed by atoms with Crippen LogP contribution < -0.4 is 10.2 Å². The van der Waals surface area contributed by atoms with Crippen molar-refractivity contribution in [2.75, 3.05) is 30.4 Å². The van der Waals surface area contributed by atoms with Crippen LogP contribution in [0.2, 0.25) is 0 Å². The molecular formula is C16H21N3OS. The minimum absolute atomic E-state index is 0.0742. The van der Waals surface area contributed by atoms with Crippen LogP contribution in [-0.2, 0) is 0 Å². The Balaban J connectivity index is 1.82. The number of anilines is 2. The fourth-order valence-corrected chi connectivity index (χ4v) is 3.10. The van der Waals surface area contributed by atoms with E-state index in [1.165, 1.54) is 17.2 Å². The van der Waals surface area contributed by atoms with E-state index < -0.39 is 0 Å². The van der Waals surface area contributed by atoms with Crippen molar-refractivity contribution in [2.45, 2.75) is 20.3 Å². The van der Waals surface area contributed by atoms with Crippen LogP contribution in [-0.4, -0.2) is 30.3 Å². The standard InChI is InChI=1S/C16H21N3OS/c1-12-15(13(2)20)16(21-18-12)17-10-7-11-19(3)14-8-5-4-6-9-14/h4-6,8-9,17H,7,10-11H2,1-3H3. The number of benzene rings is 1. The van der Waals surface area contributed by atoms with Crippen molar-refractivity contribution < 1.29 is 4.79 Å². The summed E-state index contributed by atoms with van der Waals surface area (Å²) in [4.78, 5) is 13.8. The third-order valence-corrected chi connectivity index (χ3v) is 4.26. The minimum atomic E-state index is 0.0742. The fourth-order valence-electron chi connectivity index (χ4n) is 2.23. The van der Waals surface area contributed by atoms with Crippen LogP contribution in [0.1, 0.15) is 29.4 Å². The van der Waals surface area contributed by atoms with Crippen LogP contribution >= 0.6 is 11.5 Å². The molecule has 0 saturated carbocycles. The van der Waals surface area contributed by atoms with Gasteiger partial charge in [-0.05, 0) is 43.9 Å². The van der Waals surface area contributed by atoms with Gasteiger partial charge in [-0.15, -0.1) is 0 Å². The van der Waals surface area contributed by atoms with Crippen LogP contribution in [0.15, 0.2) is 30.3 Å². The molecule has 1 aromatic heterocycles. The lowest BCUT2D eigenvalue weighted by Crippen LogP contribution is -2.20. The third kappa shape index (κ3) is 4.04. The highest BCUT2D eigenvalue weighted by molar-refractivity contribution is 7.10. The normalized spacial score (nSPS) is 10.4.